The highest BCUT2D eigenvalue weighted by molar-refractivity contribution is 6.30. The lowest BCUT2D eigenvalue weighted by molar-refractivity contribution is 0.346. The van der Waals surface area contributed by atoms with E-state index in [9.17, 15) is 0 Å². The molecule has 4 rings (SSSR count). The van der Waals surface area contributed by atoms with E-state index in [0.29, 0.717) is 6.04 Å². The van der Waals surface area contributed by atoms with Crippen LogP contribution in [-0.4, -0.2) is 9.47 Å². The van der Waals surface area contributed by atoms with Crippen LogP contribution in [0.5, 0.6) is 0 Å². The van der Waals surface area contributed by atoms with Crippen molar-refractivity contribution in [2.75, 3.05) is 0 Å². The fourth-order valence-corrected chi connectivity index (χ4v) is 4.90. The van der Waals surface area contributed by atoms with Gasteiger partial charge in [0, 0.05) is 40.3 Å². The summed E-state index contributed by atoms with van der Waals surface area (Å²) in [6.07, 6.45) is 10.1. The van der Waals surface area contributed by atoms with Crippen LogP contribution in [0.3, 0.4) is 0 Å². The number of halogens is 1. The van der Waals surface area contributed by atoms with Gasteiger partial charge in [0.05, 0.1) is 5.69 Å². The van der Waals surface area contributed by atoms with Gasteiger partial charge in [-0.2, -0.15) is 0 Å². The molecule has 142 valence electrons. The molecule has 2 aliphatic rings. The van der Waals surface area contributed by atoms with Gasteiger partial charge in [0.15, 0.2) is 0 Å². The molecule has 1 saturated carbocycles. The summed E-state index contributed by atoms with van der Waals surface area (Å²) in [4.78, 5) is 2.32. The van der Waals surface area contributed by atoms with Crippen LogP contribution in [0.1, 0.15) is 74.5 Å². The normalized spacial score (nSPS) is 17.8. The van der Waals surface area contributed by atoms with Crippen molar-refractivity contribution in [2.45, 2.75) is 65.0 Å². The van der Waals surface area contributed by atoms with Crippen molar-refractivity contribution in [3.8, 4) is 0 Å². The monoisotopic (exact) mass is 380 g/mol. The van der Waals surface area contributed by atoms with Crippen molar-refractivity contribution in [1.82, 2.24) is 9.47 Å². The zero-order valence-electron chi connectivity index (χ0n) is 16.5. The van der Waals surface area contributed by atoms with Crippen LogP contribution >= 0.6 is 11.6 Å². The first-order chi connectivity index (χ1) is 13.1. The molecule has 1 aromatic carbocycles. The molecule has 1 aliphatic heterocycles. The predicted octanol–water partition coefficient (Wildman–Crippen LogP) is 7.06. The number of aryl methyl sites for hydroxylation is 1. The van der Waals surface area contributed by atoms with Crippen LogP contribution in [0.15, 0.2) is 42.6 Å². The van der Waals surface area contributed by atoms with Crippen molar-refractivity contribution in [3.63, 3.8) is 0 Å². The van der Waals surface area contributed by atoms with E-state index in [4.69, 9.17) is 11.6 Å². The highest BCUT2D eigenvalue weighted by atomic mass is 35.5. The van der Waals surface area contributed by atoms with E-state index in [1.54, 1.807) is 0 Å². The molecule has 2 nitrogen and oxygen atoms in total. The molecule has 0 amide bonds. The number of rotatable bonds is 4. The third kappa shape index (κ3) is 3.48. The third-order valence-electron chi connectivity index (χ3n) is 6.10. The SMILES string of the molecule is C=C1c2cc(CC)n(C3CCCCC3)c2C=C(C)N1Cc1cccc(Cl)c1. The molecule has 2 heterocycles. The standard InChI is InChI=1S/C24H29ClN2/c1-4-21-15-23-18(3)26(16-19-9-8-10-20(25)14-19)17(2)13-24(23)27(21)22-11-6-5-7-12-22/h8-10,13-15,22H,3-7,11-12,16H2,1-2H3. The Kier molecular flexibility index (Phi) is 5.19. The first-order valence-corrected chi connectivity index (χ1v) is 10.6. The highest BCUT2D eigenvalue weighted by Gasteiger charge is 2.28. The molecule has 2 aromatic rings. The molecule has 0 spiro atoms. The third-order valence-corrected chi connectivity index (χ3v) is 6.33. The van der Waals surface area contributed by atoms with Gasteiger partial charge in [0.25, 0.3) is 0 Å². The second-order valence-corrected chi connectivity index (χ2v) is 8.33. The lowest BCUT2D eigenvalue weighted by Crippen LogP contribution is -2.24. The fourth-order valence-electron chi connectivity index (χ4n) is 4.69. The van der Waals surface area contributed by atoms with Crippen molar-refractivity contribution >= 4 is 23.4 Å². The van der Waals surface area contributed by atoms with Crippen molar-refractivity contribution in [1.29, 1.82) is 0 Å². The lowest BCUT2D eigenvalue weighted by atomic mass is 9.94. The van der Waals surface area contributed by atoms with Gasteiger partial charge in [0.2, 0.25) is 0 Å². The quantitative estimate of drug-likeness (QED) is 0.551. The van der Waals surface area contributed by atoms with Gasteiger partial charge >= 0.3 is 0 Å². The van der Waals surface area contributed by atoms with Crippen LogP contribution in [0.25, 0.3) is 11.8 Å². The van der Waals surface area contributed by atoms with Crippen molar-refractivity contribution in [3.05, 3.63) is 70.1 Å². The van der Waals surface area contributed by atoms with Gasteiger partial charge in [-0.1, -0.05) is 56.5 Å². The van der Waals surface area contributed by atoms with Crippen molar-refractivity contribution < 1.29 is 0 Å². The average Bonchev–Trinajstić information content (AvgIpc) is 3.04. The van der Waals surface area contributed by atoms with E-state index in [-0.39, 0.29) is 0 Å². The van der Waals surface area contributed by atoms with Gasteiger partial charge in [-0.15, -0.1) is 0 Å². The number of nitrogens with zero attached hydrogens (tertiary/aromatic N) is 2. The summed E-state index contributed by atoms with van der Waals surface area (Å²) in [5, 5.41) is 0.786. The van der Waals surface area contributed by atoms with Crippen LogP contribution in [0.4, 0.5) is 0 Å². The Labute approximate surface area is 168 Å². The molecule has 1 aromatic heterocycles. The van der Waals surface area contributed by atoms with E-state index in [1.807, 2.05) is 18.2 Å². The van der Waals surface area contributed by atoms with Gasteiger partial charge in [-0.3, -0.25) is 0 Å². The summed E-state index contributed by atoms with van der Waals surface area (Å²) < 4.78 is 2.62. The Hall–Kier alpha value is -1.93. The van der Waals surface area contributed by atoms with Crippen molar-refractivity contribution in [2.24, 2.45) is 0 Å². The van der Waals surface area contributed by atoms with E-state index < -0.39 is 0 Å². The lowest BCUT2D eigenvalue weighted by Gasteiger charge is -2.33. The summed E-state index contributed by atoms with van der Waals surface area (Å²) in [6.45, 7) is 9.75. The fraction of sp³-hybridized carbons (Fsp3) is 0.417. The second kappa shape index (κ2) is 7.59. The number of fused-ring (bicyclic) bond motifs is 1. The molecule has 0 atom stereocenters. The summed E-state index contributed by atoms with van der Waals surface area (Å²) >= 11 is 6.19. The Balaban J connectivity index is 1.70. The summed E-state index contributed by atoms with van der Waals surface area (Å²) in [5.74, 6) is 0. The van der Waals surface area contributed by atoms with Crippen LogP contribution in [-0.2, 0) is 13.0 Å². The maximum absolute atomic E-state index is 6.19. The molecule has 1 fully saturated rings. The molecular weight excluding hydrogens is 352 g/mol. The zero-order chi connectivity index (χ0) is 19.0. The molecular formula is C24H29ClN2. The van der Waals surface area contributed by atoms with E-state index in [2.05, 4.69) is 48.1 Å². The molecule has 1 aliphatic carbocycles. The van der Waals surface area contributed by atoms with Gasteiger partial charge in [0.1, 0.15) is 0 Å². The number of allylic oxidation sites excluding steroid dienone is 1. The smallest absolute Gasteiger partial charge is 0.0523 e. The first kappa shape index (κ1) is 18.4. The number of aromatic nitrogens is 1. The zero-order valence-corrected chi connectivity index (χ0v) is 17.2. The maximum Gasteiger partial charge on any atom is 0.0523 e. The molecule has 0 bridgehead atoms. The summed E-state index contributed by atoms with van der Waals surface area (Å²) in [6, 6.07) is 11.1. The largest absolute Gasteiger partial charge is 0.341 e. The molecule has 27 heavy (non-hydrogen) atoms. The summed E-state index contributed by atoms with van der Waals surface area (Å²) in [5.41, 5.74) is 7.68. The molecule has 0 N–H and O–H groups in total. The topological polar surface area (TPSA) is 8.17 Å². The highest BCUT2D eigenvalue weighted by Crippen LogP contribution is 2.40. The van der Waals surface area contributed by atoms with Crippen LogP contribution < -0.4 is 0 Å². The minimum atomic E-state index is 0.647. The van der Waals surface area contributed by atoms with E-state index in [1.165, 1.54) is 60.3 Å². The Morgan fingerprint density at radius 3 is 2.63 bits per heavy atom. The molecule has 0 radical (unpaired) electrons. The van der Waals surface area contributed by atoms with Crippen LogP contribution in [0, 0.1) is 0 Å². The van der Waals surface area contributed by atoms with Gasteiger partial charge in [-0.05, 0) is 56.0 Å². The van der Waals surface area contributed by atoms with E-state index in [0.717, 1.165) is 23.7 Å². The molecule has 0 unspecified atom stereocenters. The molecule has 3 heteroatoms. The van der Waals surface area contributed by atoms with E-state index >= 15 is 0 Å². The second-order valence-electron chi connectivity index (χ2n) is 7.90. The minimum Gasteiger partial charge on any atom is -0.341 e. The Morgan fingerprint density at radius 1 is 1.15 bits per heavy atom. The number of hydrogen-bond donors (Lipinski definition) is 0. The maximum atomic E-state index is 6.19. The Bertz CT molecular complexity index is 884. The molecule has 0 saturated heterocycles. The number of hydrogen-bond acceptors (Lipinski definition) is 1. The average molecular weight is 381 g/mol. The minimum absolute atomic E-state index is 0.647. The first-order valence-electron chi connectivity index (χ1n) is 10.2. The number of benzene rings is 1. The van der Waals surface area contributed by atoms with Gasteiger partial charge in [-0.25, -0.2) is 0 Å². The predicted molar refractivity (Wildman–Crippen MR) is 116 cm³/mol. The van der Waals surface area contributed by atoms with Crippen LogP contribution in [0.2, 0.25) is 5.02 Å². The van der Waals surface area contributed by atoms with Gasteiger partial charge < -0.3 is 9.47 Å². The summed E-state index contributed by atoms with van der Waals surface area (Å²) in [7, 11) is 0. The Morgan fingerprint density at radius 2 is 1.93 bits per heavy atom.